The van der Waals surface area contributed by atoms with E-state index < -0.39 is 17.7 Å². The van der Waals surface area contributed by atoms with Gasteiger partial charge in [-0.05, 0) is 53.8 Å². The fourth-order valence-corrected chi connectivity index (χ4v) is 2.41. The lowest BCUT2D eigenvalue weighted by atomic mass is 10.1. The SMILES string of the molecule is CC(Nc1ccc(F)cc1I)c1cccc(F)c1F. The molecule has 0 heterocycles. The normalized spacial score (nSPS) is 12.3. The van der Waals surface area contributed by atoms with Crippen LogP contribution in [0.4, 0.5) is 18.9 Å². The molecule has 1 unspecified atom stereocenters. The predicted octanol–water partition coefficient (Wildman–Crippen LogP) is 4.88. The van der Waals surface area contributed by atoms with Crippen molar-refractivity contribution < 1.29 is 13.2 Å². The quantitative estimate of drug-likeness (QED) is 0.752. The van der Waals surface area contributed by atoms with E-state index in [1.807, 2.05) is 22.6 Å². The van der Waals surface area contributed by atoms with Gasteiger partial charge in [0.05, 0.1) is 6.04 Å². The van der Waals surface area contributed by atoms with Crippen molar-refractivity contribution in [2.75, 3.05) is 5.32 Å². The summed E-state index contributed by atoms with van der Waals surface area (Å²) >= 11 is 1.98. The molecule has 2 aromatic carbocycles. The first-order valence-electron chi connectivity index (χ1n) is 5.64. The van der Waals surface area contributed by atoms with Crippen LogP contribution in [0.2, 0.25) is 0 Å². The second-order valence-corrected chi connectivity index (χ2v) is 5.30. The molecule has 2 rings (SSSR count). The van der Waals surface area contributed by atoms with Crippen molar-refractivity contribution in [3.63, 3.8) is 0 Å². The van der Waals surface area contributed by atoms with Crippen LogP contribution in [0.3, 0.4) is 0 Å². The van der Waals surface area contributed by atoms with Gasteiger partial charge < -0.3 is 5.32 Å². The van der Waals surface area contributed by atoms with E-state index in [-0.39, 0.29) is 11.4 Å². The fourth-order valence-electron chi connectivity index (χ4n) is 1.77. The lowest BCUT2D eigenvalue weighted by molar-refractivity contribution is 0.494. The maximum absolute atomic E-state index is 13.6. The van der Waals surface area contributed by atoms with E-state index in [2.05, 4.69) is 5.32 Å². The van der Waals surface area contributed by atoms with Gasteiger partial charge >= 0.3 is 0 Å². The van der Waals surface area contributed by atoms with Crippen molar-refractivity contribution in [3.05, 3.63) is 63.0 Å². The zero-order valence-electron chi connectivity index (χ0n) is 10.1. The first-order valence-corrected chi connectivity index (χ1v) is 6.72. The molecule has 0 aliphatic heterocycles. The van der Waals surface area contributed by atoms with Crippen molar-refractivity contribution in [2.45, 2.75) is 13.0 Å². The smallest absolute Gasteiger partial charge is 0.164 e. The minimum atomic E-state index is -0.875. The average Bonchev–Trinajstić information content (AvgIpc) is 2.36. The van der Waals surface area contributed by atoms with Gasteiger partial charge in [-0.1, -0.05) is 12.1 Å². The third-order valence-electron chi connectivity index (χ3n) is 2.75. The molecule has 0 fully saturated rings. The topological polar surface area (TPSA) is 12.0 Å². The van der Waals surface area contributed by atoms with Gasteiger partial charge in [-0.2, -0.15) is 0 Å². The van der Waals surface area contributed by atoms with Gasteiger partial charge in [0.15, 0.2) is 11.6 Å². The molecule has 19 heavy (non-hydrogen) atoms. The van der Waals surface area contributed by atoms with E-state index in [0.29, 0.717) is 9.26 Å². The van der Waals surface area contributed by atoms with Crippen LogP contribution in [0.5, 0.6) is 0 Å². The summed E-state index contributed by atoms with van der Waals surface area (Å²) in [7, 11) is 0. The molecule has 0 amide bonds. The monoisotopic (exact) mass is 377 g/mol. The molecule has 1 N–H and O–H groups in total. The van der Waals surface area contributed by atoms with E-state index in [1.54, 1.807) is 13.0 Å². The van der Waals surface area contributed by atoms with Gasteiger partial charge in [0.2, 0.25) is 0 Å². The molecule has 0 aliphatic rings. The van der Waals surface area contributed by atoms with Crippen molar-refractivity contribution >= 4 is 28.3 Å². The Bertz CT molecular complexity index is 601. The van der Waals surface area contributed by atoms with Crippen LogP contribution < -0.4 is 5.32 Å². The number of rotatable bonds is 3. The lowest BCUT2D eigenvalue weighted by Crippen LogP contribution is -2.10. The molecule has 5 heteroatoms. The van der Waals surface area contributed by atoms with Crippen LogP contribution >= 0.6 is 22.6 Å². The second kappa shape index (κ2) is 5.81. The Labute approximate surface area is 123 Å². The molecule has 0 spiro atoms. The van der Waals surface area contributed by atoms with Crippen molar-refractivity contribution in [1.82, 2.24) is 0 Å². The van der Waals surface area contributed by atoms with Gasteiger partial charge in [-0.3, -0.25) is 0 Å². The van der Waals surface area contributed by atoms with E-state index in [1.165, 1.54) is 24.3 Å². The first kappa shape index (κ1) is 14.2. The summed E-state index contributed by atoms with van der Waals surface area (Å²) in [5.41, 5.74) is 0.915. The summed E-state index contributed by atoms with van der Waals surface area (Å²) in [5, 5.41) is 3.04. The summed E-state index contributed by atoms with van der Waals surface area (Å²) in [6, 6.07) is 7.90. The summed E-state index contributed by atoms with van der Waals surface area (Å²) in [4.78, 5) is 0. The second-order valence-electron chi connectivity index (χ2n) is 4.13. The number of hydrogen-bond acceptors (Lipinski definition) is 1. The van der Waals surface area contributed by atoms with E-state index >= 15 is 0 Å². The standard InChI is InChI=1S/C14H11F3IN/c1-8(10-3-2-4-11(16)14(10)17)19-13-6-5-9(15)7-12(13)18/h2-8,19H,1H3. The molecular weight excluding hydrogens is 366 g/mol. The minimum absolute atomic E-state index is 0.236. The molecular formula is C14H11F3IN. The summed E-state index contributed by atoms with van der Waals surface area (Å²) in [6.07, 6.45) is 0. The highest BCUT2D eigenvalue weighted by Gasteiger charge is 2.15. The molecule has 0 aromatic heterocycles. The van der Waals surface area contributed by atoms with Crippen LogP contribution in [-0.2, 0) is 0 Å². The highest BCUT2D eigenvalue weighted by atomic mass is 127. The zero-order valence-corrected chi connectivity index (χ0v) is 12.2. The maximum Gasteiger partial charge on any atom is 0.164 e. The summed E-state index contributed by atoms with van der Waals surface area (Å²) in [5.74, 6) is -2.07. The van der Waals surface area contributed by atoms with Gasteiger partial charge in [-0.15, -0.1) is 0 Å². The van der Waals surface area contributed by atoms with Gasteiger partial charge in [0, 0.05) is 14.8 Å². The highest BCUT2D eigenvalue weighted by molar-refractivity contribution is 14.1. The van der Waals surface area contributed by atoms with E-state index in [4.69, 9.17) is 0 Å². The molecule has 0 saturated heterocycles. The number of nitrogens with one attached hydrogen (secondary N) is 1. The maximum atomic E-state index is 13.6. The Morgan fingerprint density at radius 3 is 2.53 bits per heavy atom. The van der Waals surface area contributed by atoms with E-state index in [0.717, 1.165) is 6.07 Å². The third kappa shape index (κ3) is 3.20. The fraction of sp³-hybridized carbons (Fsp3) is 0.143. The van der Waals surface area contributed by atoms with Gasteiger partial charge in [0.1, 0.15) is 5.82 Å². The van der Waals surface area contributed by atoms with Crippen LogP contribution in [0.15, 0.2) is 36.4 Å². The predicted molar refractivity (Wildman–Crippen MR) is 77.5 cm³/mol. The molecule has 1 atom stereocenters. The van der Waals surface area contributed by atoms with Gasteiger partial charge in [0.25, 0.3) is 0 Å². The first-order chi connectivity index (χ1) is 8.99. The Morgan fingerprint density at radius 2 is 1.84 bits per heavy atom. The number of anilines is 1. The lowest BCUT2D eigenvalue weighted by Gasteiger charge is -2.17. The Morgan fingerprint density at radius 1 is 1.11 bits per heavy atom. The molecule has 0 radical (unpaired) electrons. The Kier molecular flexibility index (Phi) is 4.34. The Balaban J connectivity index is 2.25. The molecule has 0 bridgehead atoms. The average molecular weight is 377 g/mol. The number of halogens is 4. The number of hydrogen-bond donors (Lipinski definition) is 1. The summed E-state index contributed by atoms with van der Waals surface area (Å²) in [6.45, 7) is 1.72. The Hall–Kier alpha value is -1.24. The number of benzene rings is 2. The van der Waals surface area contributed by atoms with Crippen molar-refractivity contribution in [2.24, 2.45) is 0 Å². The van der Waals surface area contributed by atoms with Crippen LogP contribution in [0.25, 0.3) is 0 Å². The third-order valence-corrected chi connectivity index (χ3v) is 3.64. The summed E-state index contributed by atoms with van der Waals surface area (Å²) < 4.78 is 40.5. The van der Waals surface area contributed by atoms with Crippen molar-refractivity contribution in [1.29, 1.82) is 0 Å². The molecule has 100 valence electrons. The van der Waals surface area contributed by atoms with Gasteiger partial charge in [-0.25, -0.2) is 13.2 Å². The molecule has 2 aromatic rings. The highest BCUT2D eigenvalue weighted by Crippen LogP contribution is 2.26. The molecule has 0 aliphatic carbocycles. The van der Waals surface area contributed by atoms with Crippen LogP contribution in [0, 0.1) is 21.0 Å². The molecule has 1 nitrogen and oxygen atoms in total. The molecule has 0 saturated carbocycles. The largest absolute Gasteiger partial charge is 0.378 e. The van der Waals surface area contributed by atoms with Crippen LogP contribution in [0.1, 0.15) is 18.5 Å². The minimum Gasteiger partial charge on any atom is -0.378 e. The van der Waals surface area contributed by atoms with Crippen LogP contribution in [-0.4, -0.2) is 0 Å². The van der Waals surface area contributed by atoms with Crippen molar-refractivity contribution in [3.8, 4) is 0 Å². The van der Waals surface area contributed by atoms with E-state index in [9.17, 15) is 13.2 Å². The zero-order chi connectivity index (χ0) is 14.0.